The van der Waals surface area contributed by atoms with E-state index in [2.05, 4.69) is 0 Å². The van der Waals surface area contributed by atoms with Crippen molar-refractivity contribution in [2.75, 3.05) is 13.7 Å². The number of likely N-dealkylation sites (tertiary alicyclic amines) is 1. The van der Waals surface area contributed by atoms with Crippen LogP contribution in [0.25, 0.3) is 0 Å². The molecular weight excluding hydrogens is 278 g/mol. The van der Waals surface area contributed by atoms with Gasteiger partial charge in [0.15, 0.2) is 5.78 Å². The van der Waals surface area contributed by atoms with Crippen LogP contribution in [0, 0.1) is 5.92 Å². The van der Waals surface area contributed by atoms with Gasteiger partial charge < -0.3 is 9.64 Å². The average molecular weight is 301 g/mol. The number of hydrogen-bond acceptors (Lipinski definition) is 3. The van der Waals surface area contributed by atoms with E-state index in [1.165, 1.54) is 0 Å². The summed E-state index contributed by atoms with van der Waals surface area (Å²) in [6.07, 6.45) is 5.95. The van der Waals surface area contributed by atoms with Crippen molar-refractivity contribution in [3.8, 4) is 5.75 Å². The van der Waals surface area contributed by atoms with Crippen molar-refractivity contribution >= 4 is 11.7 Å². The van der Waals surface area contributed by atoms with Crippen LogP contribution < -0.4 is 4.74 Å². The van der Waals surface area contributed by atoms with Crippen LogP contribution in [0.15, 0.2) is 24.3 Å². The molecule has 118 valence electrons. The predicted octanol–water partition coefficient (Wildman–Crippen LogP) is 3.06. The zero-order valence-electron chi connectivity index (χ0n) is 13.1. The quantitative estimate of drug-likeness (QED) is 0.803. The highest BCUT2D eigenvalue weighted by molar-refractivity contribution is 6.02. The van der Waals surface area contributed by atoms with Crippen molar-refractivity contribution in [3.63, 3.8) is 0 Å². The maximum absolute atomic E-state index is 12.7. The maximum Gasteiger partial charge on any atom is 0.226 e. The van der Waals surface area contributed by atoms with Gasteiger partial charge in [-0.25, -0.2) is 0 Å². The number of benzene rings is 1. The van der Waals surface area contributed by atoms with Crippen LogP contribution in [0.4, 0.5) is 0 Å². The van der Waals surface area contributed by atoms with Crippen molar-refractivity contribution in [2.45, 2.75) is 44.6 Å². The third-order valence-electron chi connectivity index (χ3n) is 4.92. The molecule has 1 saturated carbocycles. The molecular formula is C18H23NO3. The van der Waals surface area contributed by atoms with Gasteiger partial charge in [-0.2, -0.15) is 0 Å². The lowest BCUT2D eigenvalue weighted by Crippen LogP contribution is -2.43. The Hall–Kier alpha value is -1.84. The van der Waals surface area contributed by atoms with Crippen LogP contribution in [0.3, 0.4) is 0 Å². The fraction of sp³-hybridized carbons (Fsp3) is 0.556. The molecule has 0 N–H and O–H groups in total. The third-order valence-corrected chi connectivity index (χ3v) is 4.92. The number of amides is 1. The topological polar surface area (TPSA) is 46.6 Å². The number of rotatable bonds is 4. The Morgan fingerprint density at radius 1 is 1.05 bits per heavy atom. The second kappa shape index (κ2) is 6.51. The van der Waals surface area contributed by atoms with Gasteiger partial charge in [0.2, 0.25) is 5.91 Å². The van der Waals surface area contributed by atoms with E-state index in [1.54, 1.807) is 31.4 Å². The van der Waals surface area contributed by atoms with Gasteiger partial charge in [-0.15, -0.1) is 0 Å². The zero-order chi connectivity index (χ0) is 15.5. The summed E-state index contributed by atoms with van der Waals surface area (Å²) in [4.78, 5) is 27.2. The van der Waals surface area contributed by atoms with Gasteiger partial charge in [0.25, 0.3) is 0 Å². The molecule has 2 fully saturated rings. The Balaban J connectivity index is 1.73. The van der Waals surface area contributed by atoms with Crippen LogP contribution in [0.2, 0.25) is 0 Å². The van der Waals surface area contributed by atoms with E-state index in [0.29, 0.717) is 5.56 Å². The Bertz CT molecular complexity index is 546. The summed E-state index contributed by atoms with van der Waals surface area (Å²) in [5.41, 5.74) is 0.664. The standard InChI is InChI=1S/C18H23NO3/c1-22-15-10-8-13(9-11-15)17(20)16-7-4-12-19(16)18(21)14-5-2-3-6-14/h8-11,14,16H,2-7,12H2,1H3. The molecule has 0 aromatic heterocycles. The Morgan fingerprint density at radius 2 is 1.73 bits per heavy atom. The molecule has 1 atom stereocenters. The van der Waals surface area contributed by atoms with E-state index < -0.39 is 0 Å². The average Bonchev–Trinajstić information content (AvgIpc) is 3.25. The highest BCUT2D eigenvalue weighted by atomic mass is 16.5. The minimum atomic E-state index is -0.276. The van der Waals surface area contributed by atoms with Crippen molar-refractivity contribution in [1.82, 2.24) is 4.90 Å². The smallest absolute Gasteiger partial charge is 0.226 e. The number of carbonyl (C=O) groups excluding carboxylic acids is 2. The van der Waals surface area contributed by atoms with E-state index in [4.69, 9.17) is 4.74 Å². The number of Topliss-reactive ketones (excluding diaryl/α,β-unsaturated/α-hetero) is 1. The van der Waals surface area contributed by atoms with Gasteiger partial charge in [-0.1, -0.05) is 12.8 Å². The first-order valence-electron chi connectivity index (χ1n) is 8.19. The highest BCUT2D eigenvalue weighted by Gasteiger charge is 2.37. The van der Waals surface area contributed by atoms with E-state index >= 15 is 0 Å². The molecule has 1 heterocycles. The summed E-state index contributed by atoms with van der Waals surface area (Å²) in [6.45, 7) is 0.724. The van der Waals surface area contributed by atoms with Crippen LogP contribution >= 0.6 is 0 Å². The summed E-state index contributed by atoms with van der Waals surface area (Å²) >= 11 is 0. The molecule has 1 aromatic rings. The molecule has 0 radical (unpaired) electrons. The lowest BCUT2D eigenvalue weighted by molar-refractivity contribution is -0.135. The van der Waals surface area contributed by atoms with Gasteiger partial charge in [0.05, 0.1) is 13.2 Å². The molecule has 1 aromatic carbocycles. The van der Waals surface area contributed by atoms with E-state index in [0.717, 1.165) is 50.8 Å². The van der Waals surface area contributed by atoms with Gasteiger partial charge in [-0.05, 0) is 49.9 Å². The zero-order valence-corrected chi connectivity index (χ0v) is 13.1. The number of methoxy groups -OCH3 is 1. The fourth-order valence-corrected chi connectivity index (χ4v) is 3.66. The van der Waals surface area contributed by atoms with Crippen LogP contribution in [0.5, 0.6) is 5.75 Å². The first-order valence-corrected chi connectivity index (χ1v) is 8.19. The molecule has 22 heavy (non-hydrogen) atoms. The SMILES string of the molecule is COc1ccc(C(=O)C2CCCN2C(=O)C2CCCC2)cc1. The molecule has 1 unspecified atom stereocenters. The Morgan fingerprint density at radius 3 is 2.36 bits per heavy atom. The molecule has 4 heteroatoms. The molecule has 2 aliphatic rings. The first kappa shape index (κ1) is 15.1. The van der Waals surface area contributed by atoms with Gasteiger partial charge in [0, 0.05) is 18.0 Å². The van der Waals surface area contributed by atoms with Gasteiger partial charge in [-0.3, -0.25) is 9.59 Å². The number of carbonyl (C=O) groups is 2. The first-order chi connectivity index (χ1) is 10.7. The summed E-state index contributed by atoms with van der Waals surface area (Å²) in [6, 6.07) is 6.90. The molecule has 4 nitrogen and oxygen atoms in total. The minimum absolute atomic E-state index is 0.0616. The lowest BCUT2D eigenvalue weighted by atomic mass is 10.00. The summed E-state index contributed by atoms with van der Waals surface area (Å²) in [5, 5.41) is 0. The van der Waals surface area contributed by atoms with Crippen molar-refractivity contribution in [1.29, 1.82) is 0 Å². The Kier molecular flexibility index (Phi) is 4.46. The summed E-state index contributed by atoms with van der Waals surface area (Å²) < 4.78 is 5.13. The molecule has 0 spiro atoms. The van der Waals surface area contributed by atoms with E-state index in [1.807, 2.05) is 4.90 Å². The number of nitrogens with zero attached hydrogens (tertiary/aromatic N) is 1. The van der Waals surface area contributed by atoms with E-state index in [9.17, 15) is 9.59 Å². The predicted molar refractivity (Wildman–Crippen MR) is 84.0 cm³/mol. The maximum atomic E-state index is 12.7. The molecule has 1 aliphatic carbocycles. The van der Waals surface area contributed by atoms with Crippen molar-refractivity contribution in [2.24, 2.45) is 5.92 Å². The fourth-order valence-electron chi connectivity index (χ4n) is 3.66. The van der Waals surface area contributed by atoms with Crippen LogP contribution in [0.1, 0.15) is 48.9 Å². The number of ether oxygens (including phenoxy) is 1. The summed E-state index contributed by atoms with van der Waals surface area (Å²) in [7, 11) is 1.61. The Labute approximate surface area is 131 Å². The van der Waals surface area contributed by atoms with Gasteiger partial charge in [0.1, 0.15) is 5.75 Å². The van der Waals surface area contributed by atoms with Crippen molar-refractivity contribution in [3.05, 3.63) is 29.8 Å². The summed E-state index contributed by atoms with van der Waals surface area (Å²) in [5.74, 6) is 1.14. The number of ketones is 1. The lowest BCUT2D eigenvalue weighted by Gasteiger charge is -2.26. The van der Waals surface area contributed by atoms with Gasteiger partial charge >= 0.3 is 0 Å². The molecule has 1 amide bonds. The molecule has 1 saturated heterocycles. The second-order valence-corrected chi connectivity index (χ2v) is 6.26. The third kappa shape index (κ3) is 2.87. The monoisotopic (exact) mass is 301 g/mol. The largest absolute Gasteiger partial charge is 0.497 e. The minimum Gasteiger partial charge on any atom is -0.497 e. The normalized spacial score (nSPS) is 22.0. The second-order valence-electron chi connectivity index (χ2n) is 6.26. The van der Waals surface area contributed by atoms with Crippen LogP contribution in [-0.2, 0) is 4.79 Å². The van der Waals surface area contributed by atoms with Crippen LogP contribution in [-0.4, -0.2) is 36.3 Å². The molecule has 0 bridgehead atoms. The van der Waals surface area contributed by atoms with Crippen molar-refractivity contribution < 1.29 is 14.3 Å². The molecule has 3 rings (SSSR count). The number of hydrogen-bond donors (Lipinski definition) is 0. The highest BCUT2D eigenvalue weighted by Crippen LogP contribution is 2.30. The van der Waals surface area contributed by atoms with E-state index in [-0.39, 0.29) is 23.7 Å². The molecule has 1 aliphatic heterocycles.